The number of aliphatic hydroxyl groups is 1. The van der Waals surface area contributed by atoms with Gasteiger partial charge in [-0.05, 0) is 57.1 Å². The van der Waals surface area contributed by atoms with Crippen LogP contribution in [-0.2, 0) is 6.54 Å². The molecular weight excluding hydrogens is 366 g/mol. The summed E-state index contributed by atoms with van der Waals surface area (Å²) in [6, 6.07) is 11.8. The average Bonchev–Trinajstić information content (AvgIpc) is 2.77. The fourth-order valence-electron chi connectivity index (χ4n) is 3.51. The number of benzene rings is 1. The van der Waals surface area contributed by atoms with E-state index in [0.717, 1.165) is 49.7 Å². The minimum absolute atomic E-state index is 0.326. The maximum Gasteiger partial charge on any atom is 0.137 e. The van der Waals surface area contributed by atoms with E-state index in [1.54, 1.807) is 12.4 Å². The lowest BCUT2D eigenvalue weighted by atomic mass is 10.1. The lowest BCUT2D eigenvalue weighted by Gasteiger charge is -2.28. The van der Waals surface area contributed by atoms with E-state index in [4.69, 9.17) is 9.47 Å². The fraction of sp³-hybridized carbons (Fsp3) is 0.522. The van der Waals surface area contributed by atoms with E-state index >= 15 is 0 Å². The molecule has 2 N–H and O–H groups in total. The van der Waals surface area contributed by atoms with Crippen LogP contribution in [0.25, 0.3) is 0 Å². The molecule has 1 atom stereocenters. The van der Waals surface area contributed by atoms with Gasteiger partial charge in [-0.15, -0.1) is 0 Å². The summed E-state index contributed by atoms with van der Waals surface area (Å²) in [5.74, 6) is 1.64. The van der Waals surface area contributed by atoms with Crippen molar-refractivity contribution in [2.24, 2.45) is 0 Å². The van der Waals surface area contributed by atoms with Crippen LogP contribution in [0, 0.1) is 0 Å². The largest absolute Gasteiger partial charge is 0.492 e. The van der Waals surface area contributed by atoms with Crippen LogP contribution < -0.4 is 14.8 Å². The topological polar surface area (TPSA) is 66.8 Å². The highest BCUT2D eigenvalue weighted by Gasteiger charge is 2.15. The summed E-state index contributed by atoms with van der Waals surface area (Å²) >= 11 is 0. The van der Waals surface area contributed by atoms with E-state index in [1.165, 1.54) is 19.3 Å². The Labute approximate surface area is 173 Å². The SMILES string of the molecule is O[C@H](COc1ccccc1CNCCCOc1cccnc1)CN1CCCCC1. The van der Waals surface area contributed by atoms with Crippen LogP contribution >= 0.6 is 0 Å². The van der Waals surface area contributed by atoms with Crippen LogP contribution in [0.2, 0.25) is 0 Å². The molecule has 3 rings (SSSR count). The first-order chi connectivity index (χ1) is 14.3. The second kappa shape index (κ2) is 12.4. The summed E-state index contributed by atoms with van der Waals surface area (Å²) in [6.45, 7) is 5.42. The number of pyridine rings is 1. The van der Waals surface area contributed by atoms with Gasteiger partial charge in [-0.25, -0.2) is 0 Å². The zero-order chi connectivity index (χ0) is 20.2. The highest BCUT2D eigenvalue weighted by Crippen LogP contribution is 2.18. The molecule has 1 aliphatic rings. The Kier molecular flexibility index (Phi) is 9.23. The van der Waals surface area contributed by atoms with E-state index < -0.39 is 6.10 Å². The molecule has 158 valence electrons. The van der Waals surface area contributed by atoms with Crippen molar-refractivity contribution >= 4 is 0 Å². The van der Waals surface area contributed by atoms with Gasteiger partial charge in [-0.3, -0.25) is 4.98 Å². The maximum absolute atomic E-state index is 10.3. The number of para-hydroxylation sites is 1. The highest BCUT2D eigenvalue weighted by atomic mass is 16.5. The lowest BCUT2D eigenvalue weighted by Crippen LogP contribution is -2.38. The van der Waals surface area contributed by atoms with Gasteiger partial charge in [-0.2, -0.15) is 0 Å². The Bertz CT molecular complexity index is 693. The quantitative estimate of drug-likeness (QED) is 0.535. The maximum atomic E-state index is 10.3. The van der Waals surface area contributed by atoms with Gasteiger partial charge in [-0.1, -0.05) is 24.6 Å². The van der Waals surface area contributed by atoms with Crippen molar-refractivity contribution in [3.05, 3.63) is 54.4 Å². The summed E-state index contributed by atoms with van der Waals surface area (Å²) in [5, 5.41) is 13.8. The molecular formula is C23H33N3O3. The first kappa shape index (κ1) is 21.6. The monoisotopic (exact) mass is 399 g/mol. The molecule has 0 spiro atoms. The molecule has 1 aromatic carbocycles. The molecule has 0 bridgehead atoms. The number of hydrogen-bond donors (Lipinski definition) is 2. The summed E-state index contributed by atoms with van der Waals surface area (Å²) in [7, 11) is 0. The highest BCUT2D eigenvalue weighted by molar-refractivity contribution is 5.33. The smallest absolute Gasteiger partial charge is 0.137 e. The average molecular weight is 400 g/mol. The molecule has 1 aliphatic heterocycles. The second-order valence-electron chi connectivity index (χ2n) is 7.50. The van der Waals surface area contributed by atoms with E-state index in [9.17, 15) is 5.11 Å². The number of β-amino-alcohol motifs (C(OH)–C–C–N with tert-alkyl or cyclic N) is 1. The second-order valence-corrected chi connectivity index (χ2v) is 7.50. The van der Waals surface area contributed by atoms with Crippen molar-refractivity contribution in [1.82, 2.24) is 15.2 Å². The van der Waals surface area contributed by atoms with Gasteiger partial charge in [0.15, 0.2) is 0 Å². The first-order valence-electron chi connectivity index (χ1n) is 10.7. The summed E-state index contributed by atoms with van der Waals surface area (Å²) < 4.78 is 11.6. The fourth-order valence-corrected chi connectivity index (χ4v) is 3.51. The van der Waals surface area contributed by atoms with Gasteiger partial charge in [0.25, 0.3) is 0 Å². The van der Waals surface area contributed by atoms with Crippen LogP contribution in [0.5, 0.6) is 11.5 Å². The Morgan fingerprint density at radius 3 is 2.76 bits per heavy atom. The Balaban J connectivity index is 1.33. The number of ether oxygens (including phenoxy) is 2. The molecule has 0 amide bonds. The molecule has 6 heteroatoms. The predicted molar refractivity (Wildman–Crippen MR) is 114 cm³/mol. The number of aliphatic hydroxyl groups excluding tert-OH is 1. The Morgan fingerprint density at radius 1 is 1.07 bits per heavy atom. The summed E-state index contributed by atoms with van der Waals surface area (Å²) in [6.07, 6.45) is 7.68. The van der Waals surface area contributed by atoms with Gasteiger partial charge >= 0.3 is 0 Å². The lowest BCUT2D eigenvalue weighted by molar-refractivity contribution is 0.0614. The molecule has 29 heavy (non-hydrogen) atoms. The molecule has 6 nitrogen and oxygen atoms in total. The van der Waals surface area contributed by atoms with E-state index in [-0.39, 0.29) is 0 Å². The van der Waals surface area contributed by atoms with Gasteiger partial charge in [0, 0.05) is 24.8 Å². The molecule has 1 aromatic heterocycles. The van der Waals surface area contributed by atoms with Crippen molar-refractivity contribution in [2.45, 2.75) is 38.3 Å². The number of hydrogen-bond acceptors (Lipinski definition) is 6. The number of nitrogens with zero attached hydrogens (tertiary/aromatic N) is 2. The van der Waals surface area contributed by atoms with Crippen LogP contribution in [-0.4, -0.2) is 60.5 Å². The third kappa shape index (κ3) is 8.01. The van der Waals surface area contributed by atoms with E-state index in [2.05, 4.69) is 21.3 Å². The van der Waals surface area contributed by atoms with Gasteiger partial charge in [0.1, 0.15) is 24.2 Å². The molecule has 1 saturated heterocycles. The van der Waals surface area contributed by atoms with Crippen molar-refractivity contribution in [3.8, 4) is 11.5 Å². The standard InChI is InChI=1S/C23H33N3O3/c27-21(18-26-13-4-1-5-14-26)19-29-23-10-3-2-8-20(23)16-24-12-7-15-28-22-9-6-11-25-17-22/h2-3,6,8-11,17,21,24,27H,1,4-5,7,12-16,18-19H2/t21-/m0/s1. The number of piperidine rings is 1. The number of likely N-dealkylation sites (tertiary alicyclic amines) is 1. The molecule has 2 heterocycles. The molecule has 1 fully saturated rings. The molecule has 0 aliphatic carbocycles. The number of aromatic nitrogens is 1. The minimum atomic E-state index is -0.459. The van der Waals surface area contributed by atoms with Crippen LogP contribution in [0.15, 0.2) is 48.8 Å². The van der Waals surface area contributed by atoms with Gasteiger partial charge in [0.2, 0.25) is 0 Å². The first-order valence-corrected chi connectivity index (χ1v) is 10.7. The third-order valence-corrected chi connectivity index (χ3v) is 5.04. The Hall–Kier alpha value is -2.15. The van der Waals surface area contributed by atoms with Crippen molar-refractivity contribution in [2.75, 3.05) is 39.4 Å². The molecule has 0 saturated carbocycles. The Morgan fingerprint density at radius 2 is 1.93 bits per heavy atom. The van der Waals surface area contributed by atoms with Crippen LogP contribution in [0.4, 0.5) is 0 Å². The number of nitrogens with one attached hydrogen (secondary N) is 1. The van der Waals surface area contributed by atoms with Crippen molar-refractivity contribution in [1.29, 1.82) is 0 Å². The third-order valence-electron chi connectivity index (χ3n) is 5.04. The molecule has 0 unspecified atom stereocenters. The van der Waals surface area contributed by atoms with Crippen molar-refractivity contribution in [3.63, 3.8) is 0 Å². The van der Waals surface area contributed by atoms with Crippen LogP contribution in [0.3, 0.4) is 0 Å². The van der Waals surface area contributed by atoms with E-state index in [0.29, 0.717) is 19.8 Å². The summed E-state index contributed by atoms with van der Waals surface area (Å²) in [4.78, 5) is 6.37. The zero-order valence-corrected chi connectivity index (χ0v) is 17.1. The molecule has 0 radical (unpaired) electrons. The predicted octanol–water partition coefficient (Wildman–Crippen LogP) is 2.87. The van der Waals surface area contributed by atoms with Gasteiger partial charge < -0.3 is 24.8 Å². The van der Waals surface area contributed by atoms with E-state index in [1.807, 2.05) is 30.3 Å². The summed E-state index contributed by atoms with van der Waals surface area (Å²) in [5.41, 5.74) is 1.10. The van der Waals surface area contributed by atoms with Gasteiger partial charge in [0.05, 0.1) is 12.8 Å². The normalized spacial score (nSPS) is 15.8. The van der Waals surface area contributed by atoms with Crippen LogP contribution in [0.1, 0.15) is 31.2 Å². The number of rotatable bonds is 12. The van der Waals surface area contributed by atoms with Crippen molar-refractivity contribution < 1.29 is 14.6 Å². The zero-order valence-electron chi connectivity index (χ0n) is 17.1. The molecule has 2 aromatic rings. The minimum Gasteiger partial charge on any atom is -0.492 e.